The minimum atomic E-state index is 0.389. The number of rotatable bonds is 4. The monoisotopic (exact) mass is 227 g/mol. The highest BCUT2D eigenvalue weighted by Crippen LogP contribution is 2.15. The number of hydrogen-bond acceptors (Lipinski definition) is 3. The first kappa shape index (κ1) is 12.2. The van der Waals surface area contributed by atoms with E-state index in [4.69, 9.17) is 11.6 Å². The number of nitrogens with one attached hydrogen (secondary N) is 1. The van der Waals surface area contributed by atoms with E-state index in [1.807, 2.05) is 6.92 Å². The molecule has 2 atom stereocenters. The van der Waals surface area contributed by atoms with E-state index in [1.54, 1.807) is 6.07 Å². The van der Waals surface area contributed by atoms with Gasteiger partial charge in [-0.25, -0.2) is 9.97 Å². The van der Waals surface area contributed by atoms with Crippen LogP contribution in [-0.2, 0) is 0 Å². The highest BCUT2D eigenvalue weighted by atomic mass is 35.5. The lowest BCUT2D eigenvalue weighted by Crippen LogP contribution is -2.23. The average Bonchev–Trinajstić information content (AvgIpc) is 2.14. The van der Waals surface area contributed by atoms with Gasteiger partial charge in [-0.2, -0.15) is 0 Å². The van der Waals surface area contributed by atoms with Gasteiger partial charge >= 0.3 is 0 Å². The van der Waals surface area contributed by atoms with Gasteiger partial charge < -0.3 is 5.32 Å². The van der Waals surface area contributed by atoms with E-state index in [0.29, 0.717) is 22.9 Å². The summed E-state index contributed by atoms with van der Waals surface area (Å²) in [6.07, 6.45) is 1.14. The lowest BCUT2D eigenvalue weighted by Gasteiger charge is -2.20. The number of aryl methyl sites for hydroxylation is 1. The second-order valence-electron chi connectivity index (χ2n) is 3.94. The maximum atomic E-state index is 5.86. The smallest absolute Gasteiger partial charge is 0.134 e. The van der Waals surface area contributed by atoms with Crippen molar-refractivity contribution in [3.63, 3.8) is 0 Å². The van der Waals surface area contributed by atoms with E-state index in [9.17, 15) is 0 Å². The fraction of sp³-hybridized carbons (Fsp3) is 0.636. The van der Waals surface area contributed by atoms with Gasteiger partial charge in [-0.05, 0) is 19.8 Å². The van der Waals surface area contributed by atoms with Gasteiger partial charge in [-0.3, -0.25) is 0 Å². The molecule has 2 unspecified atom stereocenters. The fourth-order valence-electron chi connectivity index (χ4n) is 1.33. The van der Waals surface area contributed by atoms with Crippen molar-refractivity contribution in [2.24, 2.45) is 5.92 Å². The fourth-order valence-corrected chi connectivity index (χ4v) is 1.56. The summed E-state index contributed by atoms with van der Waals surface area (Å²) in [5.74, 6) is 2.11. The molecule has 0 aliphatic heterocycles. The summed E-state index contributed by atoms with van der Waals surface area (Å²) >= 11 is 5.86. The SMILES string of the molecule is CCC(C)C(C)Nc1cc(Cl)nc(C)n1. The van der Waals surface area contributed by atoms with E-state index in [2.05, 4.69) is 36.1 Å². The zero-order valence-corrected chi connectivity index (χ0v) is 10.5. The predicted molar refractivity (Wildman–Crippen MR) is 64.3 cm³/mol. The molecule has 0 bridgehead atoms. The van der Waals surface area contributed by atoms with Crippen LogP contribution in [0.3, 0.4) is 0 Å². The molecular weight excluding hydrogens is 210 g/mol. The molecule has 1 N–H and O–H groups in total. The molecule has 84 valence electrons. The van der Waals surface area contributed by atoms with Crippen LogP contribution in [-0.4, -0.2) is 16.0 Å². The van der Waals surface area contributed by atoms with Crippen molar-refractivity contribution in [2.45, 2.75) is 40.2 Å². The minimum absolute atomic E-state index is 0.389. The summed E-state index contributed by atoms with van der Waals surface area (Å²) in [7, 11) is 0. The minimum Gasteiger partial charge on any atom is -0.367 e. The molecule has 3 nitrogen and oxygen atoms in total. The number of hydrogen-bond donors (Lipinski definition) is 1. The van der Waals surface area contributed by atoms with Gasteiger partial charge in [0.15, 0.2) is 0 Å². The van der Waals surface area contributed by atoms with Gasteiger partial charge in [0, 0.05) is 12.1 Å². The second kappa shape index (κ2) is 5.31. The molecule has 0 aromatic carbocycles. The third kappa shape index (κ3) is 3.67. The molecule has 0 radical (unpaired) electrons. The predicted octanol–water partition coefficient (Wildman–Crippen LogP) is 3.28. The topological polar surface area (TPSA) is 37.8 Å². The molecule has 0 saturated heterocycles. The first-order valence-corrected chi connectivity index (χ1v) is 5.68. The number of anilines is 1. The molecule has 0 aliphatic carbocycles. The van der Waals surface area contributed by atoms with Crippen molar-refractivity contribution in [2.75, 3.05) is 5.32 Å². The van der Waals surface area contributed by atoms with E-state index in [0.717, 1.165) is 12.2 Å². The molecule has 15 heavy (non-hydrogen) atoms. The van der Waals surface area contributed by atoms with E-state index < -0.39 is 0 Å². The lowest BCUT2D eigenvalue weighted by molar-refractivity contribution is 0.493. The Labute approximate surface area is 96.3 Å². The quantitative estimate of drug-likeness (QED) is 0.803. The summed E-state index contributed by atoms with van der Waals surface area (Å²) in [4.78, 5) is 8.30. The third-order valence-corrected chi connectivity index (χ3v) is 2.87. The largest absolute Gasteiger partial charge is 0.367 e. The molecule has 0 fully saturated rings. The Bertz CT molecular complexity index is 307. The summed E-state index contributed by atoms with van der Waals surface area (Å²) < 4.78 is 0. The first-order chi connectivity index (χ1) is 7.02. The summed E-state index contributed by atoms with van der Waals surface area (Å²) in [5.41, 5.74) is 0. The van der Waals surface area contributed by atoms with Crippen molar-refractivity contribution >= 4 is 17.4 Å². The normalized spacial score (nSPS) is 14.7. The van der Waals surface area contributed by atoms with Gasteiger partial charge in [0.05, 0.1) is 0 Å². The molecule has 1 rings (SSSR count). The van der Waals surface area contributed by atoms with Crippen molar-refractivity contribution in [1.29, 1.82) is 0 Å². The zero-order valence-electron chi connectivity index (χ0n) is 9.71. The Hall–Kier alpha value is -0.830. The van der Waals surface area contributed by atoms with Crippen molar-refractivity contribution in [1.82, 2.24) is 9.97 Å². The number of halogens is 1. The van der Waals surface area contributed by atoms with Crippen molar-refractivity contribution in [3.05, 3.63) is 17.0 Å². The Morgan fingerprint density at radius 1 is 1.40 bits per heavy atom. The van der Waals surface area contributed by atoms with Gasteiger partial charge in [-0.1, -0.05) is 31.9 Å². The molecule has 1 aromatic heterocycles. The van der Waals surface area contributed by atoms with Gasteiger partial charge in [0.2, 0.25) is 0 Å². The van der Waals surface area contributed by atoms with Crippen molar-refractivity contribution < 1.29 is 0 Å². The molecule has 0 aliphatic rings. The molecule has 0 amide bonds. The maximum absolute atomic E-state index is 5.86. The van der Waals surface area contributed by atoms with E-state index >= 15 is 0 Å². The lowest BCUT2D eigenvalue weighted by atomic mass is 10.0. The molecule has 0 spiro atoms. The van der Waals surface area contributed by atoms with Crippen LogP contribution >= 0.6 is 11.6 Å². The molecule has 0 saturated carbocycles. The highest BCUT2D eigenvalue weighted by Gasteiger charge is 2.10. The Kier molecular flexibility index (Phi) is 4.33. The van der Waals surface area contributed by atoms with Gasteiger partial charge in [0.25, 0.3) is 0 Å². The summed E-state index contributed by atoms with van der Waals surface area (Å²) in [6.45, 7) is 8.39. The molecule has 1 heterocycles. The van der Waals surface area contributed by atoms with Crippen LogP contribution in [0.4, 0.5) is 5.82 Å². The maximum Gasteiger partial charge on any atom is 0.134 e. The van der Waals surface area contributed by atoms with Crippen LogP contribution < -0.4 is 5.32 Å². The van der Waals surface area contributed by atoms with Crippen LogP contribution in [0.25, 0.3) is 0 Å². The van der Waals surface area contributed by atoms with Crippen LogP contribution in [0.15, 0.2) is 6.07 Å². The second-order valence-corrected chi connectivity index (χ2v) is 4.33. The Morgan fingerprint density at radius 3 is 2.60 bits per heavy atom. The third-order valence-electron chi connectivity index (χ3n) is 2.68. The molecule has 4 heteroatoms. The van der Waals surface area contributed by atoms with Gasteiger partial charge in [-0.15, -0.1) is 0 Å². The number of nitrogens with zero attached hydrogens (tertiary/aromatic N) is 2. The van der Waals surface area contributed by atoms with Crippen LogP contribution in [0.1, 0.15) is 33.0 Å². The van der Waals surface area contributed by atoms with Crippen molar-refractivity contribution in [3.8, 4) is 0 Å². The summed E-state index contributed by atoms with van der Waals surface area (Å²) in [6, 6.07) is 2.15. The highest BCUT2D eigenvalue weighted by molar-refractivity contribution is 6.29. The Morgan fingerprint density at radius 2 is 2.07 bits per heavy atom. The van der Waals surface area contributed by atoms with Gasteiger partial charge in [0.1, 0.15) is 16.8 Å². The molecule has 1 aromatic rings. The van der Waals surface area contributed by atoms with Crippen LogP contribution in [0.5, 0.6) is 0 Å². The van der Waals surface area contributed by atoms with Crippen LogP contribution in [0.2, 0.25) is 5.15 Å². The van der Waals surface area contributed by atoms with Crippen LogP contribution in [0, 0.1) is 12.8 Å². The number of aromatic nitrogens is 2. The zero-order chi connectivity index (χ0) is 11.4. The standard InChI is InChI=1S/C11H18ClN3/c1-5-7(2)8(3)13-11-6-10(12)14-9(4)15-11/h6-8H,5H2,1-4H3,(H,13,14,15). The Balaban J connectivity index is 2.72. The summed E-state index contributed by atoms with van der Waals surface area (Å²) in [5, 5.41) is 3.83. The molecular formula is C11H18ClN3. The average molecular weight is 228 g/mol. The van der Waals surface area contributed by atoms with E-state index in [-0.39, 0.29) is 0 Å². The van der Waals surface area contributed by atoms with E-state index in [1.165, 1.54) is 0 Å². The first-order valence-electron chi connectivity index (χ1n) is 5.30.